The monoisotopic (exact) mass is 324 g/mol. The van der Waals surface area contributed by atoms with Crippen molar-refractivity contribution in [1.82, 2.24) is 4.90 Å². The average molecular weight is 324 g/mol. The van der Waals surface area contributed by atoms with Gasteiger partial charge in [-0.15, -0.1) is 0 Å². The number of likely N-dealkylation sites (tertiary alicyclic amines) is 1. The maximum atomic E-state index is 12.4. The minimum Gasteiger partial charge on any atom is -0.483 e. The van der Waals surface area contributed by atoms with Gasteiger partial charge in [0.1, 0.15) is 5.75 Å². The van der Waals surface area contributed by atoms with Gasteiger partial charge < -0.3 is 15.4 Å². The summed E-state index contributed by atoms with van der Waals surface area (Å²) in [4.78, 5) is 14.3. The van der Waals surface area contributed by atoms with Gasteiger partial charge in [-0.25, -0.2) is 0 Å². The van der Waals surface area contributed by atoms with Crippen molar-refractivity contribution >= 4 is 5.91 Å². The third kappa shape index (κ3) is 3.60. The van der Waals surface area contributed by atoms with Gasteiger partial charge in [0.05, 0.1) is 0 Å². The van der Waals surface area contributed by atoms with Crippen molar-refractivity contribution in [2.45, 2.75) is 13.3 Å². The highest BCUT2D eigenvalue weighted by Gasteiger charge is 2.34. The summed E-state index contributed by atoms with van der Waals surface area (Å²) < 4.78 is 5.85. The van der Waals surface area contributed by atoms with E-state index in [9.17, 15) is 4.79 Å². The van der Waals surface area contributed by atoms with E-state index < -0.39 is 0 Å². The number of nitrogens with two attached hydrogens (primary N) is 1. The zero-order valence-electron chi connectivity index (χ0n) is 14.1. The van der Waals surface area contributed by atoms with E-state index in [1.54, 1.807) is 0 Å². The molecule has 0 spiro atoms. The Hall–Kier alpha value is -2.33. The minimum atomic E-state index is 0.0232. The van der Waals surface area contributed by atoms with Crippen molar-refractivity contribution in [1.29, 1.82) is 0 Å². The Morgan fingerprint density at radius 1 is 1.17 bits per heavy atom. The molecule has 1 amide bonds. The largest absolute Gasteiger partial charge is 0.483 e. The first kappa shape index (κ1) is 16.5. The highest BCUT2D eigenvalue weighted by atomic mass is 16.5. The molecule has 0 radical (unpaired) electrons. The van der Waals surface area contributed by atoms with Crippen molar-refractivity contribution in [3.8, 4) is 16.9 Å². The average Bonchev–Trinajstić information content (AvgIpc) is 3.04. The van der Waals surface area contributed by atoms with Gasteiger partial charge in [0.2, 0.25) is 0 Å². The lowest BCUT2D eigenvalue weighted by molar-refractivity contribution is -0.132. The molecular weight excluding hydrogens is 300 g/mol. The molecule has 2 N–H and O–H groups in total. The van der Waals surface area contributed by atoms with Crippen LogP contribution in [0.15, 0.2) is 54.6 Å². The van der Waals surface area contributed by atoms with Gasteiger partial charge >= 0.3 is 0 Å². The van der Waals surface area contributed by atoms with E-state index in [0.717, 1.165) is 29.8 Å². The van der Waals surface area contributed by atoms with Gasteiger partial charge in [-0.05, 0) is 30.0 Å². The smallest absolute Gasteiger partial charge is 0.260 e. The molecule has 1 aliphatic rings. The second kappa shape index (κ2) is 7.05. The van der Waals surface area contributed by atoms with Crippen LogP contribution in [0.3, 0.4) is 0 Å². The Labute approximate surface area is 143 Å². The van der Waals surface area contributed by atoms with E-state index in [2.05, 4.69) is 6.92 Å². The number of carbonyl (C=O) groups excluding carboxylic acids is 1. The van der Waals surface area contributed by atoms with Crippen LogP contribution in [0, 0.1) is 5.41 Å². The Balaban J connectivity index is 1.67. The summed E-state index contributed by atoms with van der Waals surface area (Å²) >= 11 is 0. The second-order valence-corrected chi connectivity index (χ2v) is 6.73. The quantitative estimate of drug-likeness (QED) is 0.920. The third-order valence-electron chi connectivity index (χ3n) is 4.73. The molecular formula is C20H24N2O2. The lowest BCUT2D eigenvalue weighted by Gasteiger charge is -2.22. The van der Waals surface area contributed by atoms with Gasteiger partial charge in [-0.2, -0.15) is 0 Å². The molecule has 2 aromatic carbocycles. The highest BCUT2D eigenvalue weighted by Crippen LogP contribution is 2.31. The molecule has 1 aliphatic heterocycles. The summed E-state index contributed by atoms with van der Waals surface area (Å²) in [6.07, 6.45) is 0.954. The summed E-state index contributed by atoms with van der Waals surface area (Å²) in [6.45, 7) is 4.27. The molecule has 126 valence electrons. The number of hydrogen-bond donors (Lipinski definition) is 1. The minimum absolute atomic E-state index is 0.0232. The third-order valence-corrected chi connectivity index (χ3v) is 4.73. The Bertz CT molecular complexity index is 702. The molecule has 4 heteroatoms. The number of hydrogen-bond acceptors (Lipinski definition) is 3. The summed E-state index contributed by atoms with van der Waals surface area (Å²) in [5, 5.41) is 0. The fraction of sp³-hybridized carbons (Fsp3) is 0.350. The zero-order valence-corrected chi connectivity index (χ0v) is 14.1. The highest BCUT2D eigenvalue weighted by molar-refractivity contribution is 5.79. The van der Waals surface area contributed by atoms with E-state index in [-0.39, 0.29) is 17.9 Å². The maximum Gasteiger partial charge on any atom is 0.260 e. The van der Waals surface area contributed by atoms with Crippen LogP contribution in [0.25, 0.3) is 11.1 Å². The molecule has 1 saturated heterocycles. The van der Waals surface area contributed by atoms with Crippen molar-refractivity contribution in [3.05, 3.63) is 54.6 Å². The number of ether oxygens (including phenoxy) is 1. The van der Waals surface area contributed by atoms with E-state index >= 15 is 0 Å². The van der Waals surface area contributed by atoms with E-state index in [4.69, 9.17) is 10.5 Å². The van der Waals surface area contributed by atoms with Crippen LogP contribution in [-0.2, 0) is 4.79 Å². The summed E-state index contributed by atoms with van der Waals surface area (Å²) in [5.41, 5.74) is 7.93. The molecule has 1 heterocycles. The fourth-order valence-electron chi connectivity index (χ4n) is 3.08. The molecule has 1 unspecified atom stereocenters. The molecule has 0 saturated carbocycles. The first-order valence-electron chi connectivity index (χ1n) is 8.36. The number of benzene rings is 2. The lowest BCUT2D eigenvalue weighted by atomic mass is 9.90. The zero-order chi connectivity index (χ0) is 17.0. The summed E-state index contributed by atoms with van der Waals surface area (Å²) in [6, 6.07) is 17.9. The molecule has 2 aromatic rings. The molecule has 0 aromatic heterocycles. The fourth-order valence-corrected chi connectivity index (χ4v) is 3.08. The Morgan fingerprint density at radius 3 is 2.58 bits per heavy atom. The van der Waals surface area contributed by atoms with Crippen molar-refractivity contribution in [2.24, 2.45) is 11.1 Å². The molecule has 0 bridgehead atoms. The van der Waals surface area contributed by atoms with Crippen LogP contribution < -0.4 is 10.5 Å². The number of para-hydroxylation sites is 1. The van der Waals surface area contributed by atoms with Gasteiger partial charge in [-0.3, -0.25) is 4.79 Å². The first-order valence-corrected chi connectivity index (χ1v) is 8.36. The van der Waals surface area contributed by atoms with Crippen LogP contribution in [0.5, 0.6) is 5.75 Å². The van der Waals surface area contributed by atoms with Gasteiger partial charge in [-0.1, -0.05) is 55.5 Å². The van der Waals surface area contributed by atoms with Crippen molar-refractivity contribution < 1.29 is 9.53 Å². The standard InChI is InChI=1S/C20H24N2O2/c1-20(14-21)11-12-22(15-20)19(23)13-24-18-10-6-5-9-17(18)16-7-3-2-4-8-16/h2-10H,11-15,21H2,1H3. The predicted octanol–water partition coefficient (Wildman–Crippen LogP) is 2.93. The van der Waals surface area contributed by atoms with Crippen LogP contribution >= 0.6 is 0 Å². The number of rotatable bonds is 5. The molecule has 0 aliphatic carbocycles. The van der Waals surface area contributed by atoms with Crippen LogP contribution in [-0.4, -0.2) is 37.0 Å². The molecule has 1 atom stereocenters. The van der Waals surface area contributed by atoms with Crippen LogP contribution in [0.2, 0.25) is 0 Å². The van der Waals surface area contributed by atoms with E-state index in [1.165, 1.54) is 0 Å². The van der Waals surface area contributed by atoms with Gasteiger partial charge in [0, 0.05) is 18.7 Å². The first-order chi connectivity index (χ1) is 11.6. The summed E-state index contributed by atoms with van der Waals surface area (Å²) in [7, 11) is 0. The maximum absolute atomic E-state index is 12.4. The topological polar surface area (TPSA) is 55.6 Å². The lowest BCUT2D eigenvalue weighted by Crippen LogP contribution is -2.36. The molecule has 4 nitrogen and oxygen atoms in total. The predicted molar refractivity (Wildman–Crippen MR) is 95.7 cm³/mol. The van der Waals surface area contributed by atoms with E-state index in [0.29, 0.717) is 13.1 Å². The second-order valence-electron chi connectivity index (χ2n) is 6.73. The number of nitrogens with zero attached hydrogens (tertiary/aromatic N) is 1. The van der Waals surface area contributed by atoms with Crippen molar-refractivity contribution in [3.63, 3.8) is 0 Å². The number of amides is 1. The number of carbonyl (C=O) groups is 1. The molecule has 1 fully saturated rings. The van der Waals surface area contributed by atoms with Gasteiger partial charge in [0.25, 0.3) is 5.91 Å². The molecule has 24 heavy (non-hydrogen) atoms. The summed E-state index contributed by atoms with van der Waals surface area (Å²) in [5.74, 6) is 0.757. The van der Waals surface area contributed by atoms with Crippen LogP contribution in [0.4, 0.5) is 0 Å². The molecule has 3 rings (SSSR count). The van der Waals surface area contributed by atoms with Crippen LogP contribution in [0.1, 0.15) is 13.3 Å². The SMILES string of the molecule is CC1(CN)CCN(C(=O)COc2ccccc2-c2ccccc2)C1. The van der Waals surface area contributed by atoms with Gasteiger partial charge in [0.15, 0.2) is 6.61 Å². The Kier molecular flexibility index (Phi) is 4.86. The van der Waals surface area contributed by atoms with E-state index in [1.807, 2.05) is 59.5 Å². The normalized spacial score (nSPS) is 20.2. The Morgan fingerprint density at radius 2 is 1.88 bits per heavy atom. The van der Waals surface area contributed by atoms with Crippen molar-refractivity contribution in [2.75, 3.05) is 26.2 Å².